The number of carbonyl (C=O) groups excluding carboxylic acids is 6. The van der Waals surface area contributed by atoms with E-state index in [1.807, 2.05) is 0 Å². The topological polar surface area (TPSA) is 300 Å². The molecular formula is C23H33N7O9. The van der Waals surface area contributed by atoms with Crippen LogP contribution in [0.15, 0.2) is 24.3 Å². The molecule has 0 aliphatic carbocycles. The molecule has 4 unspecified atom stereocenters. The molecule has 16 heteroatoms. The maximum atomic E-state index is 13.2. The van der Waals surface area contributed by atoms with Crippen molar-refractivity contribution in [3.63, 3.8) is 0 Å². The summed E-state index contributed by atoms with van der Waals surface area (Å²) in [6.45, 7) is 0. The number of hydrogen-bond acceptors (Lipinski definition) is 9. The summed E-state index contributed by atoms with van der Waals surface area (Å²) < 4.78 is 0. The fourth-order valence-electron chi connectivity index (χ4n) is 3.28. The number of carboxylic acids is 1. The molecule has 0 fully saturated rings. The van der Waals surface area contributed by atoms with Crippen LogP contribution in [0.1, 0.15) is 37.7 Å². The van der Waals surface area contributed by atoms with Gasteiger partial charge >= 0.3 is 5.97 Å². The molecule has 214 valence electrons. The zero-order valence-electron chi connectivity index (χ0n) is 20.9. The van der Waals surface area contributed by atoms with Crippen molar-refractivity contribution in [3.8, 4) is 5.75 Å². The van der Waals surface area contributed by atoms with Crippen molar-refractivity contribution in [2.45, 2.75) is 62.7 Å². The second-order valence-corrected chi connectivity index (χ2v) is 8.68. The molecule has 13 N–H and O–H groups in total. The maximum Gasteiger partial charge on any atom is 0.326 e. The van der Waals surface area contributed by atoms with Gasteiger partial charge in [0.25, 0.3) is 0 Å². The molecule has 0 aliphatic rings. The number of phenolic OH excluding ortho intramolecular Hbond substituents is 1. The van der Waals surface area contributed by atoms with Crippen molar-refractivity contribution >= 4 is 41.4 Å². The minimum Gasteiger partial charge on any atom is -0.508 e. The van der Waals surface area contributed by atoms with Gasteiger partial charge in [-0.3, -0.25) is 28.8 Å². The van der Waals surface area contributed by atoms with Crippen molar-refractivity contribution in [3.05, 3.63) is 29.8 Å². The predicted octanol–water partition coefficient (Wildman–Crippen LogP) is -3.79. The molecule has 4 atom stereocenters. The molecule has 1 rings (SSSR count). The first-order valence-electron chi connectivity index (χ1n) is 11.7. The summed E-state index contributed by atoms with van der Waals surface area (Å²) in [5.74, 6) is -6.91. The summed E-state index contributed by atoms with van der Waals surface area (Å²) in [6.07, 6.45) is -1.88. The van der Waals surface area contributed by atoms with Gasteiger partial charge in [-0.2, -0.15) is 0 Å². The summed E-state index contributed by atoms with van der Waals surface area (Å²) in [5.41, 5.74) is 21.5. The summed E-state index contributed by atoms with van der Waals surface area (Å²) in [6, 6.07) is -0.162. The highest BCUT2D eigenvalue weighted by molar-refractivity contribution is 5.96. The van der Waals surface area contributed by atoms with Gasteiger partial charge in [0.1, 0.15) is 23.9 Å². The lowest BCUT2D eigenvalue weighted by Crippen LogP contribution is -2.58. The van der Waals surface area contributed by atoms with Crippen LogP contribution in [-0.4, -0.2) is 75.8 Å². The lowest BCUT2D eigenvalue weighted by Gasteiger charge is -2.25. The Hall–Kier alpha value is -4.73. The molecule has 0 saturated carbocycles. The number of amides is 6. The van der Waals surface area contributed by atoms with E-state index >= 15 is 0 Å². The Balaban J connectivity index is 3.14. The SMILES string of the molecule is NC(=O)CCC(N)C(=O)NC(Cc1ccc(O)cc1)C(=O)NC(CC(N)=O)C(=O)NC(CCC(N)=O)C(=O)O. The number of carboxylic acid groups (broad SMARTS) is 1. The largest absolute Gasteiger partial charge is 0.508 e. The van der Waals surface area contributed by atoms with Crippen LogP contribution in [0, 0.1) is 0 Å². The molecule has 0 heterocycles. The van der Waals surface area contributed by atoms with E-state index in [9.17, 15) is 43.8 Å². The Labute approximate surface area is 222 Å². The van der Waals surface area contributed by atoms with Gasteiger partial charge in [-0.25, -0.2) is 4.79 Å². The van der Waals surface area contributed by atoms with Gasteiger partial charge in [0.15, 0.2) is 0 Å². The van der Waals surface area contributed by atoms with E-state index in [0.717, 1.165) is 0 Å². The number of aromatic hydroxyl groups is 1. The molecule has 6 amide bonds. The smallest absolute Gasteiger partial charge is 0.326 e. The van der Waals surface area contributed by atoms with Crippen LogP contribution >= 0.6 is 0 Å². The predicted molar refractivity (Wildman–Crippen MR) is 134 cm³/mol. The van der Waals surface area contributed by atoms with E-state index in [2.05, 4.69) is 16.0 Å². The second-order valence-electron chi connectivity index (χ2n) is 8.68. The first-order valence-corrected chi connectivity index (χ1v) is 11.7. The van der Waals surface area contributed by atoms with Gasteiger partial charge in [0.2, 0.25) is 35.4 Å². The molecule has 0 saturated heterocycles. The fraction of sp³-hybridized carbons (Fsp3) is 0.435. The average Bonchev–Trinajstić information content (AvgIpc) is 2.84. The molecule has 0 bridgehead atoms. The van der Waals surface area contributed by atoms with Gasteiger partial charge in [-0.1, -0.05) is 12.1 Å². The molecule has 0 radical (unpaired) electrons. The minimum atomic E-state index is -1.65. The van der Waals surface area contributed by atoms with Gasteiger partial charge in [0, 0.05) is 19.3 Å². The Morgan fingerprint density at radius 1 is 0.692 bits per heavy atom. The fourth-order valence-corrected chi connectivity index (χ4v) is 3.28. The highest BCUT2D eigenvalue weighted by Crippen LogP contribution is 2.12. The Bertz CT molecular complexity index is 1080. The highest BCUT2D eigenvalue weighted by Gasteiger charge is 2.31. The standard InChI is InChI=1S/C23H33N7O9/c24-13(5-7-17(25)32)20(35)29-15(9-11-1-3-12(31)4-2-11)21(36)30-16(10-19(27)34)22(37)28-14(23(38)39)6-8-18(26)33/h1-4,13-16,31H,5-10,24H2,(H2,25,32)(H2,26,33)(H2,27,34)(H,28,37)(H,29,35)(H,30,36)(H,38,39). The molecule has 39 heavy (non-hydrogen) atoms. The van der Waals surface area contributed by atoms with Crippen molar-refractivity contribution < 1.29 is 43.8 Å². The lowest BCUT2D eigenvalue weighted by atomic mass is 10.0. The normalized spacial score (nSPS) is 13.7. The van der Waals surface area contributed by atoms with Crippen molar-refractivity contribution in [1.29, 1.82) is 0 Å². The number of nitrogens with two attached hydrogens (primary N) is 4. The molecule has 0 spiro atoms. The Morgan fingerprint density at radius 2 is 1.18 bits per heavy atom. The zero-order chi connectivity index (χ0) is 29.7. The Kier molecular flexibility index (Phi) is 12.8. The van der Waals surface area contributed by atoms with E-state index in [1.165, 1.54) is 24.3 Å². The third kappa shape index (κ3) is 12.4. The highest BCUT2D eigenvalue weighted by atomic mass is 16.4. The number of benzene rings is 1. The number of aliphatic carboxylic acids is 1. The molecule has 1 aromatic rings. The number of rotatable bonds is 17. The number of phenols is 1. The van der Waals surface area contributed by atoms with E-state index in [0.29, 0.717) is 5.56 Å². The van der Waals surface area contributed by atoms with E-state index < -0.39 is 72.0 Å². The number of nitrogens with one attached hydrogen (secondary N) is 3. The second kappa shape index (κ2) is 15.5. The third-order valence-corrected chi connectivity index (χ3v) is 5.38. The zero-order valence-corrected chi connectivity index (χ0v) is 20.9. The molecule has 0 aromatic heterocycles. The molecular weight excluding hydrogens is 518 g/mol. The first-order chi connectivity index (χ1) is 18.2. The number of primary amides is 3. The van der Waals surface area contributed by atoms with Gasteiger partial charge in [-0.15, -0.1) is 0 Å². The monoisotopic (exact) mass is 551 g/mol. The van der Waals surface area contributed by atoms with E-state index in [-0.39, 0.29) is 37.9 Å². The summed E-state index contributed by atoms with van der Waals surface area (Å²) in [4.78, 5) is 83.6. The maximum absolute atomic E-state index is 13.2. The average molecular weight is 552 g/mol. The van der Waals surface area contributed by atoms with Crippen LogP contribution in [0.4, 0.5) is 0 Å². The van der Waals surface area contributed by atoms with Crippen LogP contribution in [0.25, 0.3) is 0 Å². The van der Waals surface area contributed by atoms with Crippen LogP contribution in [0.5, 0.6) is 5.75 Å². The molecule has 1 aromatic carbocycles. The van der Waals surface area contributed by atoms with Crippen molar-refractivity contribution in [1.82, 2.24) is 16.0 Å². The van der Waals surface area contributed by atoms with Gasteiger partial charge < -0.3 is 49.1 Å². The van der Waals surface area contributed by atoms with Crippen molar-refractivity contribution in [2.24, 2.45) is 22.9 Å². The van der Waals surface area contributed by atoms with Gasteiger partial charge in [0.05, 0.1) is 12.5 Å². The number of carbonyl (C=O) groups is 7. The molecule has 16 nitrogen and oxygen atoms in total. The van der Waals surface area contributed by atoms with Crippen LogP contribution in [-0.2, 0) is 40.0 Å². The summed E-state index contributed by atoms with van der Waals surface area (Å²) >= 11 is 0. The first kappa shape index (κ1) is 32.3. The summed E-state index contributed by atoms with van der Waals surface area (Å²) in [7, 11) is 0. The van der Waals surface area contributed by atoms with Gasteiger partial charge in [-0.05, 0) is 30.5 Å². The Morgan fingerprint density at radius 3 is 1.69 bits per heavy atom. The molecule has 0 aliphatic heterocycles. The lowest BCUT2D eigenvalue weighted by molar-refractivity contribution is -0.142. The number of hydrogen-bond donors (Lipinski definition) is 9. The van der Waals surface area contributed by atoms with Crippen LogP contribution in [0.3, 0.4) is 0 Å². The van der Waals surface area contributed by atoms with Crippen molar-refractivity contribution in [2.75, 3.05) is 0 Å². The summed E-state index contributed by atoms with van der Waals surface area (Å²) in [5, 5.41) is 25.6. The van der Waals surface area contributed by atoms with Crippen LogP contribution < -0.4 is 38.9 Å². The third-order valence-electron chi connectivity index (χ3n) is 5.38. The quantitative estimate of drug-likeness (QED) is 0.0909. The minimum absolute atomic E-state index is 0.0558. The van der Waals surface area contributed by atoms with E-state index in [1.54, 1.807) is 0 Å². The van der Waals surface area contributed by atoms with E-state index in [4.69, 9.17) is 22.9 Å². The van der Waals surface area contributed by atoms with Crippen LogP contribution in [0.2, 0.25) is 0 Å².